The Morgan fingerprint density at radius 3 is 2.48 bits per heavy atom. The molecule has 0 saturated carbocycles. The molecule has 0 amide bonds. The molecule has 1 aromatic rings. The van der Waals surface area contributed by atoms with Crippen LogP contribution in [0.25, 0.3) is 6.08 Å². The first-order chi connectivity index (χ1) is 11.0. The molecule has 1 aromatic carbocycles. The van der Waals surface area contributed by atoms with Crippen LogP contribution in [0.1, 0.15) is 24.5 Å². The summed E-state index contributed by atoms with van der Waals surface area (Å²) in [5.74, 6) is -1.24. The zero-order valence-corrected chi connectivity index (χ0v) is 13.5. The van der Waals surface area contributed by atoms with Crippen molar-refractivity contribution in [3.63, 3.8) is 0 Å². The standard InChI is InChI=1S/C18H20O5/c1-17-9-8-12-6-4-5-7-13(12)10-14(23-17)11-18(17,15(19)21-2)16(20)22-3/h4-9,14H,10-11H2,1-3H3/b9-8-. The van der Waals surface area contributed by atoms with Crippen molar-refractivity contribution >= 4 is 18.0 Å². The van der Waals surface area contributed by atoms with Crippen molar-refractivity contribution in [2.45, 2.75) is 31.5 Å². The van der Waals surface area contributed by atoms with Gasteiger partial charge in [0.2, 0.25) is 0 Å². The lowest BCUT2D eigenvalue weighted by Crippen LogP contribution is -2.53. The van der Waals surface area contributed by atoms with E-state index in [1.165, 1.54) is 14.2 Å². The molecule has 0 N–H and O–H groups in total. The van der Waals surface area contributed by atoms with Crippen LogP contribution in [0, 0.1) is 5.41 Å². The number of ether oxygens (including phenoxy) is 3. The van der Waals surface area contributed by atoms with Crippen LogP contribution >= 0.6 is 0 Å². The first-order valence-electron chi connectivity index (χ1n) is 7.58. The molecule has 1 fully saturated rings. The lowest BCUT2D eigenvalue weighted by Gasteiger charge is -2.35. The van der Waals surface area contributed by atoms with E-state index in [2.05, 4.69) is 0 Å². The summed E-state index contributed by atoms with van der Waals surface area (Å²) in [6.45, 7) is 1.74. The van der Waals surface area contributed by atoms with Crippen LogP contribution in [0.4, 0.5) is 0 Å². The Bertz CT molecular complexity index is 662. The minimum atomic E-state index is -1.49. The van der Waals surface area contributed by atoms with Crippen LogP contribution in [0.3, 0.4) is 0 Å². The second-order valence-corrected chi connectivity index (χ2v) is 6.18. The predicted octanol–water partition coefficient (Wildman–Crippen LogP) is 2.14. The maximum absolute atomic E-state index is 12.5. The van der Waals surface area contributed by atoms with E-state index in [9.17, 15) is 9.59 Å². The number of rotatable bonds is 2. The maximum Gasteiger partial charge on any atom is 0.326 e. The van der Waals surface area contributed by atoms with Crippen LogP contribution in [0.2, 0.25) is 0 Å². The van der Waals surface area contributed by atoms with Gasteiger partial charge >= 0.3 is 11.9 Å². The van der Waals surface area contributed by atoms with E-state index < -0.39 is 23.0 Å². The molecule has 2 aliphatic heterocycles. The molecular formula is C18H20O5. The van der Waals surface area contributed by atoms with E-state index in [1.54, 1.807) is 13.0 Å². The van der Waals surface area contributed by atoms with Gasteiger partial charge in [0.05, 0.1) is 20.3 Å². The van der Waals surface area contributed by atoms with Crippen molar-refractivity contribution in [2.24, 2.45) is 5.41 Å². The Kier molecular flexibility index (Phi) is 3.76. The van der Waals surface area contributed by atoms with Crippen LogP contribution in [-0.2, 0) is 30.2 Å². The third-order valence-electron chi connectivity index (χ3n) is 4.94. The van der Waals surface area contributed by atoms with Crippen molar-refractivity contribution < 1.29 is 23.8 Å². The number of carbonyl (C=O) groups is 2. The Morgan fingerprint density at radius 2 is 1.83 bits per heavy atom. The first-order valence-corrected chi connectivity index (χ1v) is 7.58. The third kappa shape index (κ3) is 2.18. The van der Waals surface area contributed by atoms with Crippen molar-refractivity contribution in [1.29, 1.82) is 0 Å². The largest absolute Gasteiger partial charge is 0.468 e. The zero-order valence-electron chi connectivity index (χ0n) is 13.5. The highest BCUT2D eigenvalue weighted by Crippen LogP contribution is 2.51. The fraction of sp³-hybridized carbons (Fsp3) is 0.444. The zero-order chi connectivity index (χ0) is 16.7. The number of carbonyl (C=O) groups excluding carboxylic acids is 2. The topological polar surface area (TPSA) is 61.8 Å². The average Bonchev–Trinajstić information content (AvgIpc) is 2.86. The monoisotopic (exact) mass is 316 g/mol. The highest BCUT2D eigenvalue weighted by molar-refractivity contribution is 6.02. The molecule has 1 saturated heterocycles. The molecule has 5 nitrogen and oxygen atoms in total. The lowest BCUT2D eigenvalue weighted by molar-refractivity contribution is -0.177. The Balaban J connectivity index is 2.14. The summed E-state index contributed by atoms with van der Waals surface area (Å²) in [4.78, 5) is 25.1. The van der Waals surface area contributed by atoms with Gasteiger partial charge in [-0.1, -0.05) is 36.4 Å². The van der Waals surface area contributed by atoms with Gasteiger partial charge in [0.1, 0.15) is 5.60 Å². The smallest absolute Gasteiger partial charge is 0.326 e. The molecule has 2 heterocycles. The molecule has 0 spiro atoms. The second kappa shape index (κ2) is 5.49. The average molecular weight is 316 g/mol. The number of hydrogen-bond acceptors (Lipinski definition) is 5. The summed E-state index contributed by atoms with van der Waals surface area (Å²) in [6.07, 6.45) is 4.29. The summed E-state index contributed by atoms with van der Waals surface area (Å²) in [5.41, 5.74) is -0.399. The van der Waals surface area contributed by atoms with Crippen LogP contribution in [0.5, 0.6) is 0 Å². The normalized spacial score (nSPS) is 28.9. The van der Waals surface area contributed by atoms with Gasteiger partial charge in [-0.2, -0.15) is 0 Å². The molecule has 2 bridgehead atoms. The fourth-order valence-corrected chi connectivity index (χ4v) is 3.71. The number of benzene rings is 1. The minimum absolute atomic E-state index is 0.238. The summed E-state index contributed by atoms with van der Waals surface area (Å²) < 4.78 is 16.0. The molecular weight excluding hydrogens is 296 g/mol. The first kappa shape index (κ1) is 15.7. The Labute approximate surface area is 135 Å². The van der Waals surface area contributed by atoms with Gasteiger partial charge in [-0.05, 0) is 24.5 Å². The molecule has 2 unspecified atom stereocenters. The van der Waals surface area contributed by atoms with E-state index in [-0.39, 0.29) is 12.5 Å². The maximum atomic E-state index is 12.5. The quantitative estimate of drug-likeness (QED) is 0.618. The summed E-state index contributed by atoms with van der Waals surface area (Å²) in [5, 5.41) is 0. The number of hydrogen-bond donors (Lipinski definition) is 0. The van der Waals surface area contributed by atoms with Gasteiger partial charge in [0.15, 0.2) is 5.41 Å². The molecule has 3 rings (SSSR count). The van der Waals surface area contributed by atoms with E-state index in [0.29, 0.717) is 6.42 Å². The van der Waals surface area contributed by atoms with Gasteiger partial charge in [-0.3, -0.25) is 9.59 Å². The van der Waals surface area contributed by atoms with E-state index in [0.717, 1.165) is 11.1 Å². The van der Waals surface area contributed by atoms with Crippen LogP contribution in [0.15, 0.2) is 30.3 Å². The highest BCUT2D eigenvalue weighted by atomic mass is 16.6. The van der Waals surface area contributed by atoms with E-state index >= 15 is 0 Å². The lowest BCUT2D eigenvalue weighted by atomic mass is 9.71. The molecule has 122 valence electrons. The Hall–Kier alpha value is -2.14. The number of esters is 2. The molecule has 2 aliphatic rings. The fourth-order valence-electron chi connectivity index (χ4n) is 3.71. The van der Waals surface area contributed by atoms with E-state index in [1.807, 2.05) is 30.3 Å². The van der Waals surface area contributed by atoms with Crippen molar-refractivity contribution in [1.82, 2.24) is 0 Å². The third-order valence-corrected chi connectivity index (χ3v) is 4.94. The Morgan fingerprint density at radius 1 is 1.17 bits per heavy atom. The van der Waals surface area contributed by atoms with Gasteiger partial charge in [-0.25, -0.2) is 0 Å². The molecule has 0 radical (unpaired) electrons. The number of methoxy groups -OCH3 is 2. The van der Waals surface area contributed by atoms with Gasteiger partial charge < -0.3 is 14.2 Å². The summed E-state index contributed by atoms with van der Waals surface area (Å²) >= 11 is 0. The second-order valence-electron chi connectivity index (χ2n) is 6.18. The molecule has 0 aromatic heterocycles. The van der Waals surface area contributed by atoms with Crippen molar-refractivity contribution in [3.8, 4) is 0 Å². The molecule has 0 aliphatic carbocycles. The molecule has 2 atom stereocenters. The van der Waals surface area contributed by atoms with Crippen LogP contribution in [-0.4, -0.2) is 37.9 Å². The van der Waals surface area contributed by atoms with E-state index in [4.69, 9.17) is 14.2 Å². The predicted molar refractivity (Wildman–Crippen MR) is 83.5 cm³/mol. The van der Waals surface area contributed by atoms with Gasteiger partial charge in [0, 0.05) is 6.42 Å². The molecule has 5 heteroatoms. The van der Waals surface area contributed by atoms with Gasteiger partial charge in [0.25, 0.3) is 0 Å². The molecule has 23 heavy (non-hydrogen) atoms. The minimum Gasteiger partial charge on any atom is -0.468 e. The van der Waals surface area contributed by atoms with Crippen molar-refractivity contribution in [3.05, 3.63) is 41.5 Å². The summed E-state index contributed by atoms with van der Waals surface area (Å²) in [6, 6.07) is 7.97. The van der Waals surface area contributed by atoms with Crippen LogP contribution < -0.4 is 0 Å². The van der Waals surface area contributed by atoms with Crippen molar-refractivity contribution in [2.75, 3.05) is 14.2 Å². The highest BCUT2D eigenvalue weighted by Gasteiger charge is 2.67. The SMILES string of the molecule is COC(=O)C1(C(=O)OC)CC2Cc3ccccc3/C=C\C1(C)O2. The number of fused-ring (bicyclic) bond motifs is 3. The summed E-state index contributed by atoms with van der Waals surface area (Å²) in [7, 11) is 2.55. The van der Waals surface area contributed by atoms with Gasteiger partial charge in [-0.15, -0.1) is 0 Å².